The van der Waals surface area contributed by atoms with Crippen molar-refractivity contribution in [2.75, 3.05) is 50.3 Å². The number of aliphatic carboxylic acids is 1. The highest BCUT2D eigenvalue weighted by atomic mass is 79.9. The molecule has 2 aromatic carbocycles. The minimum absolute atomic E-state index is 0.00488. The molecule has 4 aliphatic rings. The van der Waals surface area contributed by atoms with Gasteiger partial charge in [0.2, 0.25) is 11.8 Å². The monoisotopic (exact) mass is 843 g/mol. The first kappa shape index (κ1) is 37.9. The molecule has 0 saturated carbocycles. The first-order valence-corrected chi connectivity index (χ1v) is 19.8. The number of piperidine rings is 3. The van der Waals surface area contributed by atoms with E-state index in [9.17, 15) is 24.0 Å². The van der Waals surface area contributed by atoms with Gasteiger partial charge in [-0.2, -0.15) is 0 Å². The third-order valence-electron chi connectivity index (χ3n) is 11.2. The summed E-state index contributed by atoms with van der Waals surface area (Å²) in [6.45, 7) is 3.93. The number of carbonyl (C=O) groups excluding carboxylic acids is 4. The third kappa shape index (κ3) is 9.02. The molecule has 2 aromatic rings. The fourth-order valence-electron chi connectivity index (χ4n) is 8.13. The number of urea groups is 2. The zero-order valence-corrected chi connectivity index (χ0v) is 32.4. The summed E-state index contributed by atoms with van der Waals surface area (Å²) in [5.74, 6) is -0.284. The van der Waals surface area contributed by atoms with E-state index in [4.69, 9.17) is 10.8 Å². The molecule has 0 spiro atoms. The van der Waals surface area contributed by atoms with E-state index in [1.165, 1.54) is 0 Å². The van der Waals surface area contributed by atoms with E-state index in [0.29, 0.717) is 91.5 Å². The van der Waals surface area contributed by atoms with Crippen molar-refractivity contribution >= 4 is 73.1 Å². The van der Waals surface area contributed by atoms with Crippen LogP contribution >= 0.6 is 31.9 Å². The van der Waals surface area contributed by atoms with Crippen LogP contribution in [-0.2, 0) is 27.3 Å². The average molecular weight is 846 g/mol. The number of nitrogens with zero attached hydrogens (tertiary/aromatic N) is 4. The Morgan fingerprint density at radius 1 is 0.846 bits per heavy atom. The quantitative estimate of drug-likeness (QED) is 0.250. The lowest BCUT2D eigenvalue weighted by Crippen LogP contribution is -2.57. The van der Waals surface area contributed by atoms with Gasteiger partial charge in [0.05, 0.1) is 12.1 Å². The Labute approximate surface area is 320 Å². The fraction of sp³-hybridized carbons (Fsp3) is 0.541. The zero-order chi connectivity index (χ0) is 36.9. The Morgan fingerprint density at radius 2 is 1.42 bits per heavy atom. The smallest absolute Gasteiger partial charge is 0.322 e. The zero-order valence-electron chi connectivity index (χ0n) is 29.2. The van der Waals surface area contributed by atoms with E-state index in [1.54, 1.807) is 9.80 Å². The summed E-state index contributed by atoms with van der Waals surface area (Å²) < 4.78 is 1.41. The average Bonchev–Trinajstić information content (AvgIpc) is 3.15. The van der Waals surface area contributed by atoms with Crippen LogP contribution in [0.2, 0.25) is 0 Å². The van der Waals surface area contributed by atoms with Crippen LogP contribution in [0.5, 0.6) is 0 Å². The number of nitrogens with one attached hydrogen (secondary N) is 2. The molecule has 0 bridgehead atoms. The molecule has 3 fully saturated rings. The molecular formula is C37H47Br2N7O6. The van der Waals surface area contributed by atoms with Gasteiger partial charge in [0, 0.05) is 79.3 Å². The predicted octanol–water partition coefficient (Wildman–Crippen LogP) is 5.27. The Hall–Kier alpha value is -3.85. The van der Waals surface area contributed by atoms with Gasteiger partial charge in [0.1, 0.15) is 6.04 Å². The normalized spacial score (nSPS) is 19.5. The second kappa shape index (κ2) is 16.9. The second-order valence-corrected chi connectivity index (χ2v) is 16.1. The van der Waals surface area contributed by atoms with E-state index in [-0.39, 0.29) is 42.8 Å². The van der Waals surface area contributed by atoms with Crippen LogP contribution in [0.1, 0.15) is 62.5 Å². The number of nitrogen functional groups attached to an aromatic ring is 1. The van der Waals surface area contributed by atoms with E-state index in [1.807, 2.05) is 46.2 Å². The van der Waals surface area contributed by atoms with Crippen LogP contribution in [-0.4, -0.2) is 106 Å². The minimum atomic E-state index is -0.961. The Balaban J connectivity index is 1.05. The highest BCUT2D eigenvalue weighted by molar-refractivity contribution is 9.11. The van der Waals surface area contributed by atoms with Gasteiger partial charge in [-0.05, 0) is 112 Å². The number of para-hydroxylation sites is 1. The number of rotatable bonds is 9. The molecule has 4 aliphatic heterocycles. The number of carboxylic acids is 1. The lowest BCUT2D eigenvalue weighted by atomic mass is 9.78. The summed E-state index contributed by atoms with van der Waals surface area (Å²) in [6.07, 6.45) is 4.92. The summed E-state index contributed by atoms with van der Waals surface area (Å²) in [4.78, 5) is 71.4. The largest absolute Gasteiger partial charge is 0.481 e. The van der Waals surface area contributed by atoms with Crippen molar-refractivity contribution in [1.82, 2.24) is 24.9 Å². The van der Waals surface area contributed by atoms with Crippen molar-refractivity contribution in [3.8, 4) is 0 Å². The Kier molecular flexibility index (Phi) is 12.3. The van der Waals surface area contributed by atoms with Gasteiger partial charge in [0.25, 0.3) is 0 Å². The van der Waals surface area contributed by atoms with E-state index in [2.05, 4.69) is 42.5 Å². The lowest BCUT2D eigenvalue weighted by molar-refractivity contribution is -0.141. The molecule has 13 nitrogen and oxygen atoms in total. The molecule has 52 heavy (non-hydrogen) atoms. The van der Waals surface area contributed by atoms with Crippen LogP contribution < -0.4 is 16.4 Å². The fourth-order valence-corrected chi connectivity index (χ4v) is 9.41. The van der Waals surface area contributed by atoms with Gasteiger partial charge >= 0.3 is 18.0 Å². The van der Waals surface area contributed by atoms with Crippen molar-refractivity contribution in [2.45, 2.75) is 76.4 Å². The molecule has 280 valence electrons. The van der Waals surface area contributed by atoms with Crippen LogP contribution in [0.15, 0.2) is 45.3 Å². The number of carbonyl (C=O) groups is 5. The molecule has 5 N–H and O–H groups in total. The van der Waals surface area contributed by atoms with E-state index < -0.39 is 12.0 Å². The number of anilines is 2. The third-order valence-corrected chi connectivity index (χ3v) is 12.5. The Morgan fingerprint density at radius 3 is 2.04 bits per heavy atom. The van der Waals surface area contributed by atoms with Crippen molar-refractivity contribution in [1.29, 1.82) is 0 Å². The first-order valence-electron chi connectivity index (χ1n) is 18.2. The number of likely N-dealkylation sites (tertiary alicyclic amines) is 3. The summed E-state index contributed by atoms with van der Waals surface area (Å²) in [6, 6.07) is 10.4. The van der Waals surface area contributed by atoms with Crippen LogP contribution in [0.25, 0.3) is 0 Å². The molecule has 15 heteroatoms. The van der Waals surface area contributed by atoms with Gasteiger partial charge in [-0.25, -0.2) is 9.59 Å². The van der Waals surface area contributed by atoms with Crippen molar-refractivity contribution < 1.29 is 29.1 Å². The molecule has 4 heterocycles. The maximum Gasteiger partial charge on any atom is 0.322 e. The predicted molar refractivity (Wildman–Crippen MR) is 203 cm³/mol. The van der Waals surface area contributed by atoms with Crippen molar-refractivity contribution in [2.24, 2.45) is 11.8 Å². The molecule has 3 saturated heterocycles. The number of benzene rings is 2. The molecule has 0 radical (unpaired) electrons. The maximum absolute atomic E-state index is 14.2. The summed E-state index contributed by atoms with van der Waals surface area (Å²) in [7, 11) is 0. The molecule has 6 rings (SSSR count). The number of hydrogen-bond acceptors (Lipinski definition) is 6. The number of nitrogens with two attached hydrogens (primary N) is 1. The van der Waals surface area contributed by atoms with E-state index in [0.717, 1.165) is 42.5 Å². The molecule has 1 atom stereocenters. The van der Waals surface area contributed by atoms with Crippen LogP contribution in [0.4, 0.5) is 21.0 Å². The topological polar surface area (TPSA) is 169 Å². The first-order chi connectivity index (χ1) is 25.0. The van der Waals surface area contributed by atoms with E-state index >= 15 is 0 Å². The Bertz CT molecular complexity index is 1650. The SMILES string of the molecule is Nc1c(Br)cc(C[C@@H](NC(=O)N2CCC(N3Cc4ccccc4NC3=O)CC2)C(=O)N2CCC(C3CCN(C(=O)CCC(=O)O)CC3)CC2)cc1Br. The maximum atomic E-state index is 14.2. The summed E-state index contributed by atoms with van der Waals surface area (Å²) in [5.41, 5.74) is 9.45. The van der Waals surface area contributed by atoms with Crippen molar-refractivity contribution in [3.05, 3.63) is 56.5 Å². The van der Waals surface area contributed by atoms with Gasteiger partial charge in [0.15, 0.2) is 0 Å². The standard InChI is InChI=1S/C37H47Br2N7O6/c38-28-19-23(20-29(39)34(28)40)21-31(35(50)44-15-9-25(10-16-44)24-7-13-43(14-8-24)32(47)5-6-33(48)49)42-36(51)45-17-11-27(12-18-45)46-22-26-3-1-2-4-30(26)41-37(46)52/h1-4,19-20,24-25,27,31H,5-18,21-22,40H2,(H,41,52)(H,42,51)(H,48,49)/t31-/m1/s1. The summed E-state index contributed by atoms with van der Waals surface area (Å²) >= 11 is 7.02. The molecule has 0 aromatic heterocycles. The number of carboxylic acid groups (broad SMARTS) is 1. The minimum Gasteiger partial charge on any atom is -0.481 e. The van der Waals surface area contributed by atoms with Crippen molar-refractivity contribution in [3.63, 3.8) is 0 Å². The van der Waals surface area contributed by atoms with Gasteiger partial charge in [-0.3, -0.25) is 14.4 Å². The molecule has 0 aliphatic carbocycles. The number of hydrogen-bond donors (Lipinski definition) is 4. The molecule has 0 unspecified atom stereocenters. The number of fused-ring (bicyclic) bond motifs is 1. The number of amides is 6. The highest BCUT2D eigenvalue weighted by Gasteiger charge is 2.37. The summed E-state index contributed by atoms with van der Waals surface area (Å²) in [5, 5.41) is 15.0. The second-order valence-electron chi connectivity index (χ2n) is 14.4. The van der Waals surface area contributed by atoms with Gasteiger partial charge < -0.3 is 41.1 Å². The van der Waals surface area contributed by atoms with Crippen LogP contribution in [0, 0.1) is 11.8 Å². The molecular weight excluding hydrogens is 798 g/mol. The highest BCUT2D eigenvalue weighted by Crippen LogP contribution is 2.34. The van der Waals surface area contributed by atoms with Gasteiger partial charge in [-0.15, -0.1) is 0 Å². The van der Waals surface area contributed by atoms with Crippen LogP contribution in [0.3, 0.4) is 0 Å². The van der Waals surface area contributed by atoms with Gasteiger partial charge in [-0.1, -0.05) is 18.2 Å². The number of halogens is 2. The lowest BCUT2D eigenvalue weighted by Gasteiger charge is -2.42. The molecule has 6 amide bonds.